The third kappa shape index (κ3) is 22.1. The van der Waals surface area contributed by atoms with Crippen molar-refractivity contribution in [2.75, 3.05) is 85.6 Å². The fraction of sp³-hybridized carbons (Fsp3) is 0.676. The summed E-state index contributed by atoms with van der Waals surface area (Å²) in [4.78, 5) is 50.1. The average Bonchev–Trinajstić information content (AvgIpc) is 3.08. The van der Waals surface area contributed by atoms with E-state index in [-0.39, 0.29) is 50.4 Å². The van der Waals surface area contributed by atoms with Crippen molar-refractivity contribution in [3.63, 3.8) is 0 Å². The summed E-state index contributed by atoms with van der Waals surface area (Å²) in [5.41, 5.74) is 3.06. The number of hydrogen-bond acceptors (Lipinski definition) is 10. The third-order valence-corrected chi connectivity index (χ3v) is 7.73. The van der Waals surface area contributed by atoms with E-state index in [2.05, 4.69) is 45.7 Å². The maximum absolute atomic E-state index is 13.0. The van der Waals surface area contributed by atoms with Gasteiger partial charge in [0.25, 0.3) is 0 Å². The van der Waals surface area contributed by atoms with E-state index in [1.165, 1.54) is 5.57 Å². The minimum Gasteiger partial charge on any atom is -0.379 e. The molecule has 0 aromatic heterocycles. The number of carbonyl (C=O) groups is 4. The van der Waals surface area contributed by atoms with Gasteiger partial charge >= 0.3 is 0 Å². The summed E-state index contributed by atoms with van der Waals surface area (Å²) >= 11 is 0. The minimum atomic E-state index is -0.484. The molecular weight excluding hydrogens is 656 g/mol. The van der Waals surface area contributed by atoms with Crippen LogP contribution in [-0.2, 0) is 44.5 Å². The lowest BCUT2D eigenvalue weighted by atomic mass is 9.87. The second-order valence-corrected chi connectivity index (χ2v) is 13.1. The topological polar surface area (TPSA) is 177 Å². The molecule has 1 saturated carbocycles. The molecule has 0 bridgehead atoms. The molecule has 14 heteroatoms. The molecule has 288 valence electrons. The number of allylic oxidation sites excluding steroid dienone is 1. The van der Waals surface area contributed by atoms with Crippen molar-refractivity contribution >= 4 is 23.6 Å². The lowest BCUT2D eigenvalue weighted by Gasteiger charge is -2.30. The van der Waals surface area contributed by atoms with Gasteiger partial charge in [0.1, 0.15) is 0 Å². The Morgan fingerprint density at radius 3 is 1.78 bits per heavy atom. The molecule has 6 N–H and O–H groups in total. The smallest absolute Gasteiger partial charge is 0.239 e. The van der Waals surface area contributed by atoms with Gasteiger partial charge in [-0.15, -0.1) is 0 Å². The van der Waals surface area contributed by atoms with Crippen molar-refractivity contribution in [3.05, 3.63) is 47.2 Å². The first-order chi connectivity index (χ1) is 24.6. The van der Waals surface area contributed by atoms with E-state index in [0.29, 0.717) is 71.2 Å². The monoisotopic (exact) mass is 718 g/mol. The summed E-state index contributed by atoms with van der Waals surface area (Å²) < 4.78 is 21.8. The quantitative estimate of drug-likeness (QED) is 0.0661. The van der Waals surface area contributed by atoms with Crippen LogP contribution in [0.5, 0.6) is 0 Å². The van der Waals surface area contributed by atoms with E-state index >= 15 is 0 Å². The Labute approximate surface area is 303 Å². The molecule has 0 heterocycles. The third-order valence-electron chi connectivity index (χ3n) is 7.73. The molecule has 0 aliphatic heterocycles. The highest BCUT2D eigenvalue weighted by molar-refractivity contribution is 5.88. The summed E-state index contributed by atoms with van der Waals surface area (Å²) in [5.74, 6) is -0.967. The Balaban J connectivity index is 1.63. The molecule has 51 heavy (non-hydrogen) atoms. The lowest BCUT2D eigenvalue weighted by molar-refractivity contribution is -0.128. The Morgan fingerprint density at radius 2 is 1.20 bits per heavy atom. The number of carbonyl (C=O) groups excluding carboxylic acids is 4. The minimum absolute atomic E-state index is 0.0880. The van der Waals surface area contributed by atoms with Crippen molar-refractivity contribution in [2.24, 2.45) is 5.92 Å². The van der Waals surface area contributed by atoms with Gasteiger partial charge in [0.05, 0.1) is 78.5 Å². The van der Waals surface area contributed by atoms with Gasteiger partial charge in [-0.1, -0.05) is 58.0 Å². The Hall–Kier alpha value is -3.56. The summed E-state index contributed by atoms with van der Waals surface area (Å²) in [7, 11) is 0. The summed E-state index contributed by atoms with van der Waals surface area (Å²) in [5, 5.41) is 17.7. The predicted octanol–water partition coefficient (Wildman–Crippen LogP) is 1.20. The normalized spacial score (nSPS) is 13.0. The highest BCUT2D eigenvalue weighted by atomic mass is 16.6. The largest absolute Gasteiger partial charge is 0.379 e. The molecular formula is C37H62N6O8. The number of benzene rings is 1. The Kier molecular flexibility index (Phi) is 23.2. The van der Waals surface area contributed by atoms with Gasteiger partial charge in [0.15, 0.2) is 0 Å². The van der Waals surface area contributed by atoms with Crippen LogP contribution in [0.25, 0.3) is 0 Å². The zero-order valence-corrected chi connectivity index (χ0v) is 31.1. The summed E-state index contributed by atoms with van der Waals surface area (Å²) in [6, 6.07) is 9.84. The van der Waals surface area contributed by atoms with E-state index in [4.69, 9.17) is 18.9 Å². The fourth-order valence-corrected chi connectivity index (χ4v) is 4.85. The molecule has 1 aromatic carbocycles. The predicted molar refractivity (Wildman–Crippen MR) is 196 cm³/mol. The van der Waals surface area contributed by atoms with Gasteiger partial charge in [0, 0.05) is 31.2 Å². The van der Waals surface area contributed by atoms with Crippen molar-refractivity contribution < 1.29 is 38.1 Å². The molecule has 1 aromatic rings. The van der Waals surface area contributed by atoms with Crippen LogP contribution in [0.3, 0.4) is 0 Å². The summed E-state index contributed by atoms with van der Waals surface area (Å²) in [6.07, 6.45) is 3.46. The zero-order valence-electron chi connectivity index (χ0n) is 31.1. The first-order valence-corrected chi connectivity index (χ1v) is 18.3. The van der Waals surface area contributed by atoms with Crippen LogP contribution >= 0.6 is 0 Å². The second kappa shape index (κ2) is 27.1. The Morgan fingerprint density at radius 1 is 0.647 bits per heavy atom. The molecule has 1 aliphatic carbocycles. The molecule has 1 fully saturated rings. The second-order valence-electron chi connectivity index (χ2n) is 13.1. The standard InChI is InChI=1S/C37H62N6O8/c1-28(2)24-39-35(46)26-42-37(31-11-8-12-31)32(23-30-9-6-5-7-10-30)43-36(47)27-41-34(45)25-40-33(44)13-15-48-17-19-50-21-22-51-20-18-49-16-14-38-29(3)4/h5-7,9-10,28-29,32,38,42H,8,11-27H2,1-4H3,(H,39,46)(H,40,44)(H,41,45)(H,43,47). The van der Waals surface area contributed by atoms with E-state index in [0.717, 1.165) is 37.1 Å². The van der Waals surface area contributed by atoms with Crippen LogP contribution in [0, 0.1) is 5.92 Å². The van der Waals surface area contributed by atoms with Gasteiger partial charge in [0.2, 0.25) is 23.6 Å². The maximum Gasteiger partial charge on any atom is 0.239 e. The van der Waals surface area contributed by atoms with Crippen LogP contribution in [0.15, 0.2) is 41.6 Å². The van der Waals surface area contributed by atoms with Gasteiger partial charge in [-0.05, 0) is 42.7 Å². The van der Waals surface area contributed by atoms with Crippen LogP contribution in [0.2, 0.25) is 0 Å². The molecule has 2 rings (SSSR count). The average molecular weight is 719 g/mol. The number of ether oxygens (including phenoxy) is 4. The van der Waals surface area contributed by atoms with Crippen molar-refractivity contribution in [3.8, 4) is 0 Å². The van der Waals surface area contributed by atoms with Crippen molar-refractivity contribution in [1.29, 1.82) is 0 Å². The highest BCUT2D eigenvalue weighted by Gasteiger charge is 2.25. The molecule has 1 atom stereocenters. The molecule has 14 nitrogen and oxygen atoms in total. The number of amides is 4. The number of rotatable bonds is 29. The molecule has 1 aliphatic rings. The van der Waals surface area contributed by atoms with E-state index < -0.39 is 11.9 Å². The molecule has 0 spiro atoms. The molecule has 0 radical (unpaired) electrons. The first-order valence-electron chi connectivity index (χ1n) is 18.3. The first kappa shape index (κ1) is 43.6. The van der Waals surface area contributed by atoms with E-state index in [9.17, 15) is 19.2 Å². The zero-order chi connectivity index (χ0) is 37.1. The fourth-order valence-electron chi connectivity index (χ4n) is 4.85. The Bertz CT molecular complexity index is 1170. The van der Waals surface area contributed by atoms with Crippen molar-refractivity contribution in [1.82, 2.24) is 31.9 Å². The van der Waals surface area contributed by atoms with Crippen molar-refractivity contribution in [2.45, 2.75) is 71.9 Å². The van der Waals surface area contributed by atoms with Gasteiger partial charge < -0.3 is 50.8 Å². The van der Waals surface area contributed by atoms with Crippen LogP contribution in [-0.4, -0.2) is 121 Å². The van der Waals surface area contributed by atoms with Crippen LogP contribution < -0.4 is 31.9 Å². The SMILES string of the molecule is CC(C)CNC(=O)CNC(=C1CCC1)C(Cc1ccccc1)NC(=O)CNC(=O)CNC(=O)CCOCCOCCOCCOCCNC(C)C. The van der Waals surface area contributed by atoms with E-state index in [1.807, 2.05) is 44.2 Å². The summed E-state index contributed by atoms with van der Waals surface area (Å²) in [6.45, 7) is 12.7. The molecule has 0 saturated heterocycles. The van der Waals surface area contributed by atoms with Crippen LogP contribution in [0.1, 0.15) is 58.9 Å². The van der Waals surface area contributed by atoms with Gasteiger partial charge in [-0.3, -0.25) is 19.2 Å². The van der Waals surface area contributed by atoms with Gasteiger partial charge in [-0.2, -0.15) is 0 Å². The maximum atomic E-state index is 13.0. The number of nitrogens with one attached hydrogen (secondary N) is 6. The van der Waals surface area contributed by atoms with Crippen LogP contribution in [0.4, 0.5) is 0 Å². The van der Waals surface area contributed by atoms with Gasteiger partial charge in [-0.25, -0.2) is 0 Å². The number of hydrogen-bond donors (Lipinski definition) is 6. The lowest BCUT2D eigenvalue weighted by Crippen LogP contribution is -2.49. The molecule has 1 unspecified atom stereocenters. The van der Waals surface area contributed by atoms with E-state index in [1.54, 1.807) is 0 Å². The highest BCUT2D eigenvalue weighted by Crippen LogP contribution is 2.29. The molecule has 4 amide bonds.